The third-order valence-corrected chi connectivity index (χ3v) is 6.04. The van der Waals surface area contributed by atoms with E-state index in [1.54, 1.807) is 18.2 Å². The lowest BCUT2D eigenvalue weighted by atomic mass is 10.2. The second-order valence-corrected chi connectivity index (χ2v) is 9.41. The van der Waals surface area contributed by atoms with E-state index in [-0.39, 0.29) is 18.9 Å². The first-order chi connectivity index (χ1) is 14.2. The summed E-state index contributed by atoms with van der Waals surface area (Å²) in [5, 5.41) is 3.26. The van der Waals surface area contributed by atoms with Crippen LogP contribution in [0.4, 0.5) is 5.69 Å². The van der Waals surface area contributed by atoms with Crippen LogP contribution in [-0.4, -0.2) is 40.3 Å². The Labute approximate surface area is 184 Å². The third-order valence-electron chi connectivity index (χ3n) is 4.63. The SMILES string of the molecule is CCc1ccc(OCCNC(=O)CCCN(c2cc(Cl)ccc2C)S(C)(=O)=O)cc1. The molecule has 0 aliphatic rings. The number of carbonyl (C=O) groups excluding carboxylic acids is 1. The van der Waals surface area contributed by atoms with Crippen LogP contribution in [0.3, 0.4) is 0 Å². The summed E-state index contributed by atoms with van der Waals surface area (Å²) in [6, 6.07) is 13.0. The quantitative estimate of drug-likeness (QED) is 0.524. The zero-order valence-corrected chi connectivity index (χ0v) is 19.2. The molecule has 0 atom stereocenters. The van der Waals surface area contributed by atoms with Crippen molar-refractivity contribution < 1.29 is 17.9 Å². The van der Waals surface area contributed by atoms with Gasteiger partial charge in [0, 0.05) is 18.0 Å². The smallest absolute Gasteiger partial charge is 0.232 e. The molecule has 2 rings (SSSR count). The summed E-state index contributed by atoms with van der Waals surface area (Å²) in [6.45, 7) is 4.88. The molecule has 30 heavy (non-hydrogen) atoms. The molecule has 0 fully saturated rings. The zero-order chi connectivity index (χ0) is 22.1. The second kappa shape index (κ2) is 11.2. The average Bonchev–Trinajstić information content (AvgIpc) is 2.70. The Morgan fingerprint density at radius 3 is 2.50 bits per heavy atom. The lowest BCUT2D eigenvalue weighted by Gasteiger charge is -2.24. The molecule has 0 saturated heterocycles. The molecule has 0 saturated carbocycles. The van der Waals surface area contributed by atoms with Crippen molar-refractivity contribution in [1.29, 1.82) is 0 Å². The van der Waals surface area contributed by atoms with Gasteiger partial charge in [0.05, 0.1) is 18.5 Å². The van der Waals surface area contributed by atoms with Crippen LogP contribution in [-0.2, 0) is 21.2 Å². The fraction of sp³-hybridized carbons (Fsp3) is 0.409. The number of aryl methyl sites for hydroxylation is 2. The van der Waals surface area contributed by atoms with Gasteiger partial charge in [0.2, 0.25) is 15.9 Å². The fourth-order valence-electron chi connectivity index (χ4n) is 2.97. The normalized spacial score (nSPS) is 11.2. The van der Waals surface area contributed by atoms with Gasteiger partial charge in [0.25, 0.3) is 0 Å². The maximum Gasteiger partial charge on any atom is 0.232 e. The highest BCUT2D eigenvalue weighted by atomic mass is 35.5. The van der Waals surface area contributed by atoms with Crippen LogP contribution in [0.2, 0.25) is 5.02 Å². The summed E-state index contributed by atoms with van der Waals surface area (Å²) in [7, 11) is -3.49. The van der Waals surface area contributed by atoms with Crippen molar-refractivity contribution in [2.24, 2.45) is 0 Å². The zero-order valence-electron chi connectivity index (χ0n) is 17.7. The van der Waals surface area contributed by atoms with Crippen LogP contribution < -0.4 is 14.4 Å². The van der Waals surface area contributed by atoms with Crippen molar-refractivity contribution >= 4 is 33.2 Å². The monoisotopic (exact) mass is 452 g/mol. The molecule has 0 radical (unpaired) electrons. The molecule has 1 N–H and O–H groups in total. The van der Waals surface area contributed by atoms with Crippen molar-refractivity contribution in [3.8, 4) is 5.75 Å². The number of nitrogens with one attached hydrogen (secondary N) is 1. The van der Waals surface area contributed by atoms with Crippen LogP contribution in [0, 0.1) is 6.92 Å². The number of hydrogen-bond donors (Lipinski definition) is 1. The lowest BCUT2D eigenvalue weighted by molar-refractivity contribution is -0.121. The van der Waals surface area contributed by atoms with Gasteiger partial charge in [-0.3, -0.25) is 9.10 Å². The van der Waals surface area contributed by atoms with Crippen molar-refractivity contribution in [1.82, 2.24) is 5.32 Å². The molecule has 1 amide bonds. The first-order valence-electron chi connectivity index (χ1n) is 9.93. The maximum atomic E-state index is 12.2. The minimum Gasteiger partial charge on any atom is -0.492 e. The largest absolute Gasteiger partial charge is 0.492 e. The topological polar surface area (TPSA) is 75.7 Å². The van der Waals surface area contributed by atoms with Crippen molar-refractivity contribution in [2.45, 2.75) is 33.1 Å². The van der Waals surface area contributed by atoms with Crippen molar-refractivity contribution in [2.75, 3.05) is 30.3 Å². The molecule has 0 heterocycles. The van der Waals surface area contributed by atoms with Crippen molar-refractivity contribution in [3.63, 3.8) is 0 Å². The number of sulfonamides is 1. The number of carbonyl (C=O) groups is 1. The number of ether oxygens (including phenoxy) is 1. The number of nitrogens with zero attached hydrogens (tertiary/aromatic N) is 1. The standard InChI is InChI=1S/C22H29ClN2O4S/c1-4-18-8-11-20(12-9-18)29-15-13-24-22(26)6-5-14-25(30(3,27)28)21-16-19(23)10-7-17(21)2/h7-12,16H,4-6,13-15H2,1-3H3,(H,24,26). The van der Waals surface area contributed by atoms with E-state index in [0.717, 1.165) is 24.0 Å². The molecule has 0 spiro atoms. The third kappa shape index (κ3) is 7.54. The van der Waals surface area contributed by atoms with Gasteiger partial charge in [-0.05, 0) is 55.2 Å². The molecule has 8 heteroatoms. The summed E-state index contributed by atoms with van der Waals surface area (Å²) in [6.07, 6.45) is 2.74. The molecule has 0 aromatic heterocycles. The molecule has 2 aromatic rings. The van der Waals surface area contributed by atoms with Gasteiger partial charge in [-0.1, -0.05) is 36.7 Å². The van der Waals surface area contributed by atoms with E-state index in [4.69, 9.17) is 16.3 Å². The number of rotatable bonds is 11. The fourth-order valence-corrected chi connectivity index (χ4v) is 4.15. The Morgan fingerprint density at radius 1 is 1.17 bits per heavy atom. The molecule has 6 nitrogen and oxygen atoms in total. The Hall–Kier alpha value is -2.25. The van der Waals surface area contributed by atoms with Crippen LogP contribution >= 0.6 is 11.6 Å². The van der Waals surface area contributed by atoms with Gasteiger partial charge in [-0.25, -0.2) is 8.42 Å². The van der Waals surface area contributed by atoms with Gasteiger partial charge < -0.3 is 10.1 Å². The summed E-state index contributed by atoms with van der Waals surface area (Å²) in [4.78, 5) is 12.1. The number of halogens is 1. The van der Waals surface area contributed by atoms with Gasteiger partial charge in [-0.2, -0.15) is 0 Å². The number of amides is 1. The molecular weight excluding hydrogens is 424 g/mol. The van der Waals surface area contributed by atoms with Crippen LogP contribution in [0.1, 0.15) is 30.9 Å². The van der Waals surface area contributed by atoms with E-state index in [2.05, 4.69) is 12.2 Å². The Morgan fingerprint density at radius 2 is 1.87 bits per heavy atom. The van der Waals surface area contributed by atoms with Gasteiger partial charge >= 0.3 is 0 Å². The van der Waals surface area contributed by atoms with Crippen LogP contribution in [0.25, 0.3) is 0 Å². The Bertz CT molecular complexity index is 946. The molecule has 2 aromatic carbocycles. The molecule has 164 valence electrons. The number of hydrogen-bond acceptors (Lipinski definition) is 4. The van der Waals surface area contributed by atoms with Gasteiger partial charge in [0.1, 0.15) is 12.4 Å². The molecule has 0 aliphatic heterocycles. The molecule has 0 unspecified atom stereocenters. The summed E-state index contributed by atoms with van der Waals surface area (Å²) in [5.41, 5.74) is 2.58. The summed E-state index contributed by atoms with van der Waals surface area (Å²) >= 11 is 6.03. The predicted molar refractivity (Wildman–Crippen MR) is 122 cm³/mol. The first-order valence-corrected chi connectivity index (χ1v) is 12.2. The number of anilines is 1. The minimum absolute atomic E-state index is 0.142. The molecule has 0 bridgehead atoms. The highest BCUT2D eigenvalue weighted by molar-refractivity contribution is 7.92. The van der Waals surface area contributed by atoms with Gasteiger partial charge in [0.15, 0.2) is 0 Å². The maximum absolute atomic E-state index is 12.2. The highest BCUT2D eigenvalue weighted by Crippen LogP contribution is 2.26. The Kier molecular flexibility index (Phi) is 8.99. The van der Waals surface area contributed by atoms with E-state index in [1.807, 2.05) is 31.2 Å². The number of benzene rings is 2. The highest BCUT2D eigenvalue weighted by Gasteiger charge is 2.19. The Balaban J connectivity index is 1.78. The van der Waals surface area contributed by atoms with Gasteiger partial charge in [-0.15, -0.1) is 0 Å². The van der Waals surface area contributed by atoms with E-state index < -0.39 is 10.0 Å². The molecule has 0 aliphatic carbocycles. The summed E-state index contributed by atoms with van der Waals surface area (Å²) in [5.74, 6) is 0.623. The van der Waals surface area contributed by atoms with Crippen LogP contribution in [0.5, 0.6) is 5.75 Å². The van der Waals surface area contributed by atoms with E-state index in [9.17, 15) is 13.2 Å². The van der Waals surface area contributed by atoms with E-state index in [1.165, 1.54) is 9.87 Å². The second-order valence-electron chi connectivity index (χ2n) is 7.07. The van der Waals surface area contributed by atoms with E-state index >= 15 is 0 Å². The summed E-state index contributed by atoms with van der Waals surface area (Å²) < 4.78 is 31.4. The average molecular weight is 453 g/mol. The molecular formula is C22H29ClN2O4S. The minimum atomic E-state index is -3.49. The van der Waals surface area contributed by atoms with Crippen LogP contribution in [0.15, 0.2) is 42.5 Å². The predicted octanol–water partition coefficient (Wildman–Crippen LogP) is 3.95. The van der Waals surface area contributed by atoms with Crippen molar-refractivity contribution in [3.05, 3.63) is 58.6 Å². The lowest BCUT2D eigenvalue weighted by Crippen LogP contribution is -2.33. The first kappa shape index (κ1) is 24.0. The van der Waals surface area contributed by atoms with E-state index in [0.29, 0.717) is 30.3 Å².